The zero-order valence-electron chi connectivity index (χ0n) is 25.4. The third kappa shape index (κ3) is 6.25. The number of para-hydroxylation sites is 1. The van der Waals surface area contributed by atoms with Gasteiger partial charge in [-0.1, -0.05) is 51.1 Å². The number of hydrogen-bond donors (Lipinski definition) is 3. The number of fused-ring (bicyclic) bond motifs is 2. The lowest BCUT2D eigenvalue weighted by atomic mass is 9.80. The maximum absolute atomic E-state index is 14.3. The van der Waals surface area contributed by atoms with Crippen LogP contribution in [0.1, 0.15) is 57.6 Å². The van der Waals surface area contributed by atoms with Gasteiger partial charge in [-0.3, -0.25) is 14.4 Å². The second kappa shape index (κ2) is 12.3. The lowest BCUT2D eigenvalue weighted by Crippen LogP contribution is -2.59. The number of nitrogens with one attached hydrogen (secondary N) is 3. The third-order valence-electron chi connectivity index (χ3n) is 8.76. The molecule has 232 valence electrons. The number of benzene rings is 2. The lowest BCUT2D eigenvalue weighted by Gasteiger charge is -2.36. The van der Waals surface area contributed by atoms with Crippen molar-refractivity contribution in [1.82, 2.24) is 20.4 Å². The van der Waals surface area contributed by atoms with Crippen molar-refractivity contribution in [1.29, 1.82) is 5.26 Å². The molecule has 2 fully saturated rings. The predicted octanol–water partition coefficient (Wildman–Crippen LogP) is 3.48. The van der Waals surface area contributed by atoms with Gasteiger partial charge in [-0.05, 0) is 60.4 Å². The lowest BCUT2D eigenvalue weighted by molar-refractivity contribution is -0.138. The van der Waals surface area contributed by atoms with Gasteiger partial charge in [0, 0.05) is 31.7 Å². The maximum Gasteiger partial charge on any atom is 0.318 e. The molecule has 1 spiro atoms. The molecule has 3 aliphatic heterocycles. The number of hydrogen-bond acceptors (Lipinski definition) is 5. The average molecular weight is 603 g/mol. The van der Waals surface area contributed by atoms with E-state index in [0.29, 0.717) is 31.6 Å². The molecule has 11 heteroatoms. The van der Waals surface area contributed by atoms with Gasteiger partial charge >= 0.3 is 6.03 Å². The number of nitriles is 1. The molecule has 10 nitrogen and oxygen atoms in total. The normalized spacial score (nSPS) is 22.6. The molecule has 0 aromatic heterocycles. The molecular weight excluding hydrogens is 563 g/mol. The van der Waals surface area contributed by atoms with E-state index >= 15 is 0 Å². The molecule has 2 aromatic carbocycles. The van der Waals surface area contributed by atoms with E-state index in [2.05, 4.69) is 22.0 Å². The van der Waals surface area contributed by atoms with Gasteiger partial charge in [0.25, 0.3) is 0 Å². The van der Waals surface area contributed by atoms with E-state index in [9.17, 15) is 28.8 Å². The van der Waals surface area contributed by atoms with Gasteiger partial charge in [-0.15, -0.1) is 0 Å². The molecule has 2 saturated heterocycles. The number of carbonyl (C=O) groups is 4. The highest BCUT2D eigenvalue weighted by molar-refractivity contribution is 6.07. The first-order valence-corrected chi connectivity index (χ1v) is 15.1. The van der Waals surface area contributed by atoms with Crippen molar-refractivity contribution in [2.24, 2.45) is 5.41 Å². The van der Waals surface area contributed by atoms with Crippen LogP contribution in [0.3, 0.4) is 0 Å². The Morgan fingerprint density at radius 2 is 1.89 bits per heavy atom. The third-order valence-corrected chi connectivity index (χ3v) is 8.76. The Bertz CT molecular complexity index is 1480. The van der Waals surface area contributed by atoms with Crippen LogP contribution in [0.5, 0.6) is 0 Å². The number of aryl methyl sites for hydroxylation is 1. The Labute approximate surface area is 257 Å². The number of urea groups is 1. The van der Waals surface area contributed by atoms with Crippen LogP contribution in [0, 0.1) is 22.6 Å². The van der Waals surface area contributed by atoms with Gasteiger partial charge in [0.1, 0.15) is 23.9 Å². The second-order valence-corrected chi connectivity index (χ2v) is 13.2. The van der Waals surface area contributed by atoms with Gasteiger partial charge in [0.15, 0.2) is 0 Å². The maximum atomic E-state index is 14.3. The van der Waals surface area contributed by atoms with Crippen molar-refractivity contribution in [3.63, 3.8) is 0 Å². The number of likely N-dealkylation sites (tertiary alicyclic amines) is 1. The summed E-state index contributed by atoms with van der Waals surface area (Å²) in [6, 6.07) is 12.4. The number of nitrogens with zero attached hydrogens (tertiary/aromatic N) is 3. The van der Waals surface area contributed by atoms with Crippen LogP contribution in [0.2, 0.25) is 0 Å². The smallest absolute Gasteiger partial charge is 0.318 e. The van der Waals surface area contributed by atoms with Crippen LogP contribution >= 0.6 is 0 Å². The molecule has 3 N–H and O–H groups in total. The molecule has 2 aromatic rings. The topological polar surface area (TPSA) is 135 Å². The van der Waals surface area contributed by atoms with Gasteiger partial charge in [0.05, 0.1) is 11.5 Å². The summed E-state index contributed by atoms with van der Waals surface area (Å²) in [5, 5.41) is 18.7. The zero-order chi connectivity index (χ0) is 31.6. The molecule has 0 radical (unpaired) electrons. The Morgan fingerprint density at radius 3 is 2.57 bits per heavy atom. The summed E-state index contributed by atoms with van der Waals surface area (Å²) < 4.78 is 13.5. The molecule has 0 aliphatic carbocycles. The predicted molar refractivity (Wildman–Crippen MR) is 162 cm³/mol. The fourth-order valence-electron chi connectivity index (χ4n) is 6.59. The Hall–Kier alpha value is -4.46. The Morgan fingerprint density at radius 1 is 1.16 bits per heavy atom. The first kappa shape index (κ1) is 31.0. The van der Waals surface area contributed by atoms with E-state index < -0.39 is 35.4 Å². The first-order valence-electron chi connectivity index (χ1n) is 15.1. The van der Waals surface area contributed by atoms with E-state index in [1.807, 2.05) is 39.0 Å². The van der Waals surface area contributed by atoms with Gasteiger partial charge in [0.2, 0.25) is 17.7 Å². The Kier molecular flexibility index (Phi) is 8.64. The van der Waals surface area contributed by atoms with Gasteiger partial charge in [-0.2, -0.15) is 5.26 Å². The minimum absolute atomic E-state index is 0.0198. The highest BCUT2D eigenvalue weighted by atomic mass is 19.1. The standard InChI is InChI=1S/C33H39FN6O4/c1-32(2,3)18-26(29(42)40-20-33(17-23(40)19-35)24-7-4-5-8-25(24)38-30(33)43)37-28(41)27(39-16-6-15-36-31(39)44)14-11-21-9-12-22(34)13-10-21/h4-5,7-10,12-13,23,26-27H,6,11,14-18,20H2,1-3H3,(H,36,44)(H,37,41)(H,38,43)/t23-,26-,27-,33-/m0/s1. The summed E-state index contributed by atoms with van der Waals surface area (Å²) in [6.07, 6.45) is 1.78. The summed E-state index contributed by atoms with van der Waals surface area (Å²) in [4.78, 5) is 57.3. The van der Waals surface area contributed by atoms with Crippen molar-refractivity contribution in [2.75, 3.05) is 25.0 Å². The largest absolute Gasteiger partial charge is 0.342 e. The number of anilines is 1. The van der Waals surface area contributed by atoms with Crippen molar-refractivity contribution >= 4 is 29.4 Å². The molecule has 5 amide bonds. The van der Waals surface area contributed by atoms with Crippen LogP contribution in [-0.4, -0.2) is 71.3 Å². The molecule has 0 unspecified atom stereocenters. The van der Waals surface area contributed by atoms with Crippen molar-refractivity contribution < 1.29 is 23.6 Å². The monoisotopic (exact) mass is 602 g/mol. The van der Waals surface area contributed by atoms with Crippen LogP contribution < -0.4 is 16.0 Å². The number of rotatable bonds is 8. The summed E-state index contributed by atoms with van der Waals surface area (Å²) in [5.41, 5.74) is 0.822. The van der Waals surface area contributed by atoms with E-state index in [0.717, 1.165) is 11.1 Å². The van der Waals surface area contributed by atoms with Crippen molar-refractivity contribution in [3.8, 4) is 6.07 Å². The second-order valence-electron chi connectivity index (χ2n) is 13.2. The van der Waals surface area contributed by atoms with Crippen LogP contribution in [0.4, 0.5) is 14.9 Å². The molecular formula is C33H39FN6O4. The molecule has 5 rings (SSSR count). The molecule has 3 heterocycles. The van der Waals surface area contributed by atoms with E-state index in [1.165, 1.54) is 21.9 Å². The summed E-state index contributed by atoms with van der Waals surface area (Å²) in [7, 11) is 0. The minimum Gasteiger partial charge on any atom is -0.342 e. The summed E-state index contributed by atoms with van der Waals surface area (Å²) in [5.74, 6) is -1.52. The number of amides is 5. The first-order chi connectivity index (χ1) is 20.9. The SMILES string of the molecule is CC(C)(C)C[C@H](NC(=O)[C@H](CCc1ccc(F)cc1)N1CCCNC1=O)C(=O)N1C[C@]2(C[C@H]1C#N)C(=O)Nc1ccccc12. The molecule has 0 bridgehead atoms. The molecule has 0 saturated carbocycles. The Balaban J connectivity index is 1.40. The van der Waals surface area contributed by atoms with Crippen molar-refractivity contribution in [2.45, 2.75) is 76.4 Å². The summed E-state index contributed by atoms with van der Waals surface area (Å²) in [6.45, 7) is 6.78. The highest BCUT2D eigenvalue weighted by Gasteiger charge is 2.56. The van der Waals surface area contributed by atoms with E-state index in [4.69, 9.17) is 0 Å². The minimum atomic E-state index is -1.05. The zero-order valence-corrected chi connectivity index (χ0v) is 25.4. The van der Waals surface area contributed by atoms with Crippen molar-refractivity contribution in [3.05, 3.63) is 65.5 Å². The fraction of sp³-hybridized carbons (Fsp3) is 0.485. The highest BCUT2D eigenvalue weighted by Crippen LogP contribution is 2.46. The molecule has 4 atom stereocenters. The quantitative estimate of drug-likeness (QED) is 0.425. The summed E-state index contributed by atoms with van der Waals surface area (Å²) >= 11 is 0. The van der Waals surface area contributed by atoms with E-state index in [-0.39, 0.29) is 49.0 Å². The molecule has 44 heavy (non-hydrogen) atoms. The van der Waals surface area contributed by atoms with E-state index in [1.54, 1.807) is 18.2 Å². The average Bonchev–Trinajstić information content (AvgIpc) is 3.51. The van der Waals surface area contributed by atoms with Crippen LogP contribution in [0.25, 0.3) is 0 Å². The molecule has 3 aliphatic rings. The number of halogens is 1. The number of carbonyl (C=O) groups excluding carboxylic acids is 4. The van der Waals surface area contributed by atoms with Gasteiger partial charge < -0.3 is 25.8 Å². The fourth-order valence-corrected chi connectivity index (χ4v) is 6.59. The van der Waals surface area contributed by atoms with Crippen LogP contribution in [-0.2, 0) is 26.2 Å². The van der Waals surface area contributed by atoms with Crippen LogP contribution in [0.15, 0.2) is 48.5 Å². The van der Waals surface area contributed by atoms with Gasteiger partial charge in [-0.25, -0.2) is 9.18 Å².